The number of likely N-dealkylation sites (tertiary alicyclic amines) is 1. The molecular formula is C20H22N4O. The lowest BCUT2D eigenvalue weighted by atomic mass is 10.1. The van der Waals surface area contributed by atoms with E-state index in [4.69, 9.17) is 4.42 Å². The fraction of sp³-hybridized carbons (Fsp3) is 0.350. The Morgan fingerprint density at radius 3 is 2.84 bits per heavy atom. The molecule has 0 spiro atoms. The summed E-state index contributed by atoms with van der Waals surface area (Å²) in [6.07, 6.45) is 6.89. The summed E-state index contributed by atoms with van der Waals surface area (Å²) in [4.78, 5) is 6.60. The molecule has 1 fully saturated rings. The van der Waals surface area contributed by atoms with Crippen LogP contribution in [-0.2, 0) is 6.42 Å². The second-order valence-corrected chi connectivity index (χ2v) is 6.56. The van der Waals surface area contributed by atoms with E-state index in [0.29, 0.717) is 11.8 Å². The Labute approximate surface area is 147 Å². The highest BCUT2D eigenvalue weighted by Gasteiger charge is 2.28. The minimum absolute atomic E-state index is 0.342. The fourth-order valence-corrected chi connectivity index (χ4v) is 3.39. The first kappa shape index (κ1) is 16.0. The smallest absolute Gasteiger partial charge is 0.249 e. The van der Waals surface area contributed by atoms with Crippen LogP contribution in [0.1, 0.15) is 30.2 Å². The van der Waals surface area contributed by atoms with E-state index in [-0.39, 0.29) is 0 Å². The van der Waals surface area contributed by atoms with Gasteiger partial charge in [-0.05, 0) is 50.0 Å². The van der Waals surface area contributed by atoms with Crippen molar-refractivity contribution in [2.24, 2.45) is 0 Å². The summed E-state index contributed by atoms with van der Waals surface area (Å²) in [6.45, 7) is 3.22. The van der Waals surface area contributed by atoms with Gasteiger partial charge in [-0.25, -0.2) is 0 Å². The lowest BCUT2D eigenvalue weighted by Crippen LogP contribution is -2.22. The van der Waals surface area contributed by atoms with Crippen LogP contribution in [0.3, 0.4) is 0 Å². The predicted molar refractivity (Wildman–Crippen MR) is 96.1 cm³/mol. The van der Waals surface area contributed by atoms with Crippen LogP contribution in [-0.4, -0.2) is 39.7 Å². The molecule has 0 N–H and O–H groups in total. The van der Waals surface area contributed by atoms with Crippen molar-refractivity contribution in [2.45, 2.75) is 25.2 Å². The van der Waals surface area contributed by atoms with E-state index >= 15 is 0 Å². The standard InChI is InChI=1S/C20H22N4O/c1-2-6-16(7-3-1)8-5-12-24-13-10-18(15-24)20-23-22-19(25-20)17-9-4-11-21-14-17/h1-4,6-7,9,11,14,18H,5,8,10,12-13,15H2/t18-/m0/s1. The topological polar surface area (TPSA) is 55.1 Å². The summed E-state index contributed by atoms with van der Waals surface area (Å²) in [7, 11) is 0. The molecule has 0 saturated carbocycles. The average Bonchev–Trinajstić information content (AvgIpc) is 3.33. The number of aromatic nitrogens is 3. The number of hydrogen-bond acceptors (Lipinski definition) is 5. The molecular weight excluding hydrogens is 312 g/mol. The molecule has 1 aromatic carbocycles. The van der Waals surface area contributed by atoms with Crippen LogP contribution in [0, 0.1) is 0 Å². The SMILES string of the molecule is c1ccc(CCCN2CC[C@H](c3nnc(-c4cccnc4)o3)C2)cc1. The van der Waals surface area contributed by atoms with Crippen LogP contribution in [0.4, 0.5) is 0 Å². The Morgan fingerprint density at radius 2 is 2.00 bits per heavy atom. The fourth-order valence-electron chi connectivity index (χ4n) is 3.39. The van der Waals surface area contributed by atoms with Crippen molar-refractivity contribution < 1.29 is 4.42 Å². The number of rotatable bonds is 6. The largest absolute Gasteiger partial charge is 0.420 e. The normalized spacial score (nSPS) is 17.8. The van der Waals surface area contributed by atoms with Crippen molar-refractivity contribution in [1.29, 1.82) is 0 Å². The third-order valence-corrected chi connectivity index (χ3v) is 4.75. The van der Waals surface area contributed by atoms with Crippen molar-refractivity contribution in [3.8, 4) is 11.5 Å². The predicted octanol–water partition coefficient (Wildman–Crippen LogP) is 3.55. The number of aryl methyl sites for hydroxylation is 1. The van der Waals surface area contributed by atoms with E-state index in [0.717, 1.165) is 43.9 Å². The minimum atomic E-state index is 0.342. The van der Waals surface area contributed by atoms with Gasteiger partial charge in [0.1, 0.15) is 0 Å². The summed E-state index contributed by atoms with van der Waals surface area (Å²) in [5, 5.41) is 8.45. The third-order valence-electron chi connectivity index (χ3n) is 4.75. The molecule has 0 radical (unpaired) electrons. The monoisotopic (exact) mass is 334 g/mol. The Kier molecular flexibility index (Phi) is 4.84. The highest BCUT2D eigenvalue weighted by Crippen LogP contribution is 2.28. The Hall–Kier alpha value is -2.53. The molecule has 1 aliphatic heterocycles. The van der Waals surface area contributed by atoms with E-state index in [2.05, 4.69) is 50.4 Å². The highest BCUT2D eigenvalue weighted by molar-refractivity contribution is 5.50. The highest BCUT2D eigenvalue weighted by atomic mass is 16.4. The maximum absolute atomic E-state index is 5.89. The lowest BCUT2D eigenvalue weighted by molar-refractivity contribution is 0.323. The van der Waals surface area contributed by atoms with E-state index in [1.165, 1.54) is 12.0 Å². The summed E-state index contributed by atoms with van der Waals surface area (Å²) in [5.74, 6) is 1.66. The molecule has 1 saturated heterocycles. The van der Waals surface area contributed by atoms with Crippen LogP contribution >= 0.6 is 0 Å². The van der Waals surface area contributed by atoms with Gasteiger partial charge in [0.2, 0.25) is 11.8 Å². The summed E-state index contributed by atoms with van der Waals surface area (Å²) >= 11 is 0. The molecule has 3 aromatic rings. The number of pyridine rings is 1. The van der Waals surface area contributed by atoms with Gasteiger partial charge in [-0.1, -0.05) is 30.3 Å². The zero-order valence-electron chi connectivity index (χ0n) is 14.2. The first-order chi connectivity index (χ1) is 12.4. The molecule has 5 heteroatoms. The minimum Gasteiger partial charge on any atom is -0.420 e. The van der Waals surface area contributed by atoms with Crippen molar-refractivity contribution >= 4 is 0 Å². The maximum Gasteiger partial charge on any atom is 0.249 e. The molecule has 5 nitrogen and oxygen atoms in total. The van der Waals surface area contributed by atoms with Crippen molar-refractivity contribution in [3.63, 3.8) is 0 Å². The summed E-state index contributed by atoms with van der Waals surface area (Å²) in [6, 6.07) is 14.5. The molecule has 2 aromatic heterocycles. The van der Waals surface area contributed by atoms with Gasteiger partial charge in [0, 0.05) is 18.9 Å². The maximum atomic E-state index is 5.89. The second kappa shape index (κ2) is 7.57. The van der Waals surface area contributed by atoms with Gasteiger partial charge >= 0.3 is 0 Å². The van der Waals surface area contributed by atoms with Gasteiger partial charge in [0.15, 0.2) is 0 Å². The van der Waals surface area contributed by atoms with Gasteiger partial charge in [-0.15, -0.1) is 10.2 Å². The van der Waals surface area contributed by atoms with E-state index < -0.39 is 0 Å². The van der Waals surface area contributed by atoms with Crippen molar-refractivity contribution in [2.75, 3.05) is 19.6 Å². The van der Waals surface area contributed by atoms with Crippen LogP contribution in [0.2, 0.25) is 0 Å². The molecule has 1 aliphatic rings. The van der Waals surface area contributed by atoms with Gasteiger partial charge in [0.25, 0.3) is 0 Å². The molecule has 0 bridgehead atoms. The molecule has 4 rings (SSSR count). The van der Waals surface area contributed by atoms with E-state index in [1.54, 1.807) is 12.4 Å². The second-order valence-electron chi connectivity index (χ2n) is 6.56. The van der Waals surface area contributed by atoms with Gasteiger partial charge in [0.05, 0.1) is 11.5 Å². The van der Waals surface area contributed by atoms with E-state index in [9.17, 15) is 0 Å². The molecule has 0 aliphatic carbocycles. The first-order valence-corrected chi connectivity index (χ1v) is 8.88. The lowest BCUT2D eigenvalue weighted by Gasteiger charge is -2.14. The Bertz CT molecular complexity index is 788. The van der Waals surface area contributed by atoms with Gasteiger partial charge < -0.3 is 9.32 Å². The Balaban J connectivity index is 1.30. The molecule has 1 atom stereocenters. The summed E-state index contributed by atoms with van der Waals surface area (Å²) in [5.41, 5.74) is 2.29. The Morgan fingerprint density at radius 1 is 1.08 bits per heavy atom. The van der Waals surface area contributed by atoms with Crippen LogP contribution < -0.4 is 0 Å². The van der Waals surface area contributed by atoms with Crippen molar-refractivity contribution in [3.05, 3.63) is 66.3 Å². The zero-order valence-corrected chi connectivity index (χ0v) is 14.2. The zero-order chi connectivity index (χ0) is 16.9. The molecule has 3 heterocycles. The number of benzene rings is 1. The third kappa shape index (κ3) is 3.94. The van der Waals surface area contributed by atoms with Crippen LogP contribution in [0.15, 0.2) is 59.3 Å². The quantitative estimate of drug-likeness (QED) is 0.690. The molecule has 25 heavy (non-hydrogen) atoms. The molecule has 0 amide bonds. The number of hydrogen-bond donors (Lipinski definition) is 0. The first-order valence-electron chi connectivity index (χ1n) is 8.88. The average molecular weight is 334 g/mol. The van der Waals surface area contributed by atoms with Gasteiger partial charge in [-0.2, -0.15) is 0 Å². The van der Waals surface area contributed by atoms with Crippen molar-refractivity contribution in [1.82, 2.24) is 20.1 Å². The van der Waals surface area contributed by atoms with Crippen LogP contribution in [0.25, 0.3) is 11.5 Å². The molecule has 0 unspecified atom stereocenters. The van der Waals surface area contributed by atoms with Gasteiger partial charge in [-0.3, -0.25) is 4.98 Å². The van der Waals surface area contributed by atoms with E-state index in [1.807, 2.05) is 12.1 Å². The van der Waals surface area contributed by atoms with Crippen LogP contribution in [0.5, 0.6) is 0 Å². The summed E-state index contributed by atoms with van der Waals surface area (Å²) < 4.78 is 5.89. The molecule has 128 valence electrons. The number of nitrogens with zero attached hydrogens (tertiary/aromatic N) is 4.